The first-order chi connectivity index (χ1) is 28.4. The van der Waals surface area contributed by atoms with Gasteiger partial charge in [0.05, 0.1) is 11.4 Å². The molecule has 4 nitrogen and oxygen atoms in total. The minimum Gasteiger partial charge on any atom is -0.277 e. The van der Waals surface area contributed by atoms with Crippen LogP contribution in [-0.2, 0) is 5.41 Å². The van der Waals surface area contributed by atoms with Crippen molar-refractivity contribution in [1.82, 2.24) is 15.0 Å². The van der Waals surface area contributed by atoms with Crippen LogP contribution >= 0.6 is 11.8 Å². The lowest BCUT2D eigenvalue weighted by atomic mass is 9.81. The lowest BCUT2D eigenvalue weighted by molar-refractivity contribution is 0.660. The minimum absolute atomic E-state index is 0.264. The molecule has 274 valence electrons. The van der Waals surface area contributed by atoms with E-state index in [4.69, 9.17) is 15.0 Å². The van der Waals surface area contributed by atoms with Crippen LogP contribution in [-0.4, -0.2) is 15.0 Å². The summed E-state index contributed by atoms with van der Waals surface area (Å²) in [5.41, 5.74) is 10.3. The van der Waals surface area contributed by atoms with Crippen molar-refractivity contribution in [3.63, 3.8) is 0 Å². The summed E-state index contributed by atoms with van der Waals surface area (Å²) >= 11 is 1.83. The molecule has 0 unspecified atom stereocenters. The zero-order valence-corrected chi connectivity index (χ0v) is 33.1. The molecule has 0 amide bonds. The summed E-state index contributed by atoms with van der Waals surface area (Å²) in [7, 11) is 0. The zero-order chi connectivity index (χ0) is 38.7. The molecule has 12 rings (SSSR count). The van der Waals surface area contributed by atoms with Crippen LogP contribution in [0.1, 0.15) is 30.5 Å². The maximum atomic E-state index is 5.30. The molecule has 1 aliphatic carbocycles. The van der Waals surface area contributed by atoms with Crippen LogP contribution in [0.15, 0.2) is 174 Å². The fourth-order valence-corrected chi connectivity index (χ4v) is 10.5. The van der Waals surface area contributed by atoms with Crippen molar-refractivity contribution in [2.24, 2.45) is 0 Å². The van der Waals surface area contributed by atoms with Gasteiger partial charge in [0.15, 0.2) is 11.6 Å². The number of anilines is 3. The third-order valence-corrected chi connectivity index (χ3v) is 13.4. The second kappa shape index (κ2) is 12.3. The van der Waals surface area contributed by atoms with Gasteiger partial charge in [0.1, 0.15) is 0 Å². The van der Waals surface area contributed by atoms with E-state index >= 15 is 0 Å². The summed E-state index contributed by atoms with van der Waals surface area (Å²) < 4.78 is 0. The van der Waals surface area contributed by atoms with E-state index in [-0.39, 0.29) is 5.41 Å². The van der Waals surface area contributed by atoms with Crippen LogP contribution in [0.25, 0.3) is 77.0 Å². The SMILES string of the molecule is Cc1ccc2c(c1)c1ccccc1c1cc3c(cc21)C(C)(C)c1cc2c(cc1-3)Sc1cc3ccccc3cc1N2c1nc(-c2ccccc2)nc(-c2ccccc2)n1. The Morgan fingerprint density at radius 2 is 0.966 bits per heavy atom. The normalized spacial score (nSPS) is 13.8. The molecule has 1 aliphatic heterocycles. The van der Waals surface area contributed by atoms with Gasteiger partial charge in [0.25, 0.3) is 0 Å². The van der Waals surface area contributed by atoms with Crippen LogP contribution in [0, 0.1) is 6.92 Å². The van der Waals surface area contributed by atoms with Crippen LogP contribution in [0.3, 0.4) is 0 Å². The number of aryl methyl sites for hydroxylation is 1. The van der Waals surface area contributed by atoms with Crippen molar-refractivity contribution in [2.45, 2.75) is 36.0 Å². The van der Waals surface area contributed by atoms with Crippen molar-refractivity contribution in [3.05, 3.63) is 180 Å². The van der Waals surface area contributed by atoms with Crippen molar-refractivity contribution >= 4 is 72.2 Å². The highest BCUT2D eigenvalue weighted by Crippen LogP contribution is 2.58. The van der Waals surface area contributed by atoms with Crippen LogP contribution in [0.2, 0.25) is 0 Å². The Hall–Kier alpha value is -6.82. The number of rotatable bonds is 3. The highest BCUT2D eigenvalue weighted by Gasteiger charge is 2.39. The minimum atomic E-state index is -0.264. The number of aromatic nitrogens is 3. The first-order valence-corrected chi connectivity index (χ1v) is 20.7. The molecular weight excluding hydrogens is 725 g/mol. The largest absolute Gasteiger partial charge is 0.277 e. The standard InChI is InChI=1S/C53H36N4S/c1-31-22-23-38-39(24-31)36-20-12-13-21-37(36)40-27-42-43-29-49-47(30-45(43)53(2,3)44(42)28-41(38)40)57(46-25-34-18-10-11-19-35(34)26-48(46)58-49)52-55-50(32-14-6-4-7-15-32)54-51(56-52)33-16-8-5-9-17-33/h4-30H,1-3H3. The van der Waals surface area contributed by atoms with Crippen LogP contribution in [0.5, 0.6) is 0 Å². The quantitative estimate of drug-likeness (QED) is 0.168. The van der Waals surface area contributed by atoms with Gasteiger partial charge in [-0.05, 0) is 109 Å². The molecule has 0 saturated heterocycles. The molecule has 0 bridgehead atoms. The average Bonchev–Trinajstić information content (AvgIpc) is 3.48. The molecule has 1 aromatic heterocycles. The van der Waals surface area contributed by atoms with Crippen LogP contribution in [0.4, 0.5) is 17.3 Å². The maximum Gasteiger partial charge on any atom is 0.238 e. The molecule has 5 heteroatoms. The smallest absolute Gasteiger partial charge is 0.238 e. The Bertz CT molecular complexity index is 3300. The lowest BCUT2D eigenvalue weighted by Gasteiger charge is -2.33. The van der Waals surface area contributed by atoms with Gasteiger partial charge in [-0.25, -0.2) is 4.98 Å². The number of fused-ring (bicyclic) bond motifs is 12. The van der Waals surface area contributed by atoms with E-state index in [9.17, 15) is 0 Å². The second-order valence-corrected chi connectivity index (χ2v) is 17.2. The van der Waals surface area contributed by atoms with Gasteiger partial charge in [0, 0.05) is 26.3 Å². The summed E-state index contributed by atoms with van der Waals surface area (Å²) in [5, 5.41) is 10.2. The van der Waals surface area contributed by atoms with E-state index in [1.807, 2.05) is 48.2 Å². The fourth-order valence-electron chi connectivity index (χ4n) is 9.39. The fraction of sp³-hybridized carbons (Fsp3) is 0.0755. The van der Waals surface area contributed by atoms with E-state index in [1.165, 1.54) is 75.8 Å². The molecule has 0 fully saturated rings. The van der Waals surface area contributed by atoms with Crippen molar-refractivity contribution < 1.29 is 0 Å². The number of hydrogen-bond donors (Lipinski definition) is 0. The number of hydrogen-bond acceptors (Lipinski definition) is 5. The number of nitrogens with zero attached hydrogens (tertiary/aromatic N) is 4. The second-order valence-electron chi connectivity index (χ2n) is 16.1. The summed E-state index contributed by atoms with van der Waals surface area (Å²) in [6.45, 7) is 6.96. The molecule has 0 atom stereocenters. The molecule has 0 N–H and O–H groups in total. The molecule has 0 spiro atoms. The molecular formula is C53H36N4S. The van der Waals surface area contributed by atoms with Gasteiger partial charge in [-0.1, -0.05) is 159 Å². The Morgan fingerprint density at radius 1 is 0.448 bits per heavy atom. The predicted molar refractivity (Wildman–Crippen MR) is 242 cm³/mol. The van der Waals surface area contributed by atoms with Gasteiger partial charge >= 0.3 is 0 Å². The third kappa shape index (κ3) is 4.93. The molecule has 10 aromatic rings. The lowest BCUT2D eigenvalue weighted by Crippen LogP contribution is -2.21. The van der Waals surface area contributed by atoms with Crippen molar-refractivity contribution in [2.75, 3.05) is 4.90 Å². The Kier molecular flexibility index (Phi) is 7.09. The maximum absolute atomic E-state index is 5.30. The van der Waals surface area contributed by atoms with E-state index in [0.29, 0.717) is 17.6 Å². The molecule has 2 aliphatic rings. The highest BCUT2D eigenvalue weighted by atomic mass is 32.2. The monoisotopic (exact) mass is 760 g/mol. The van der Waals surface area contributed by atoms with Gasteiger partial charge in [-0.2, -0.15) is 9.97 Å². The van der Waals surface area contributed by atoms with Gasteiger partial charge in [-0.3, -0.25) is 4.90 Å². The van der Waals surface area contributed by atoms with Crippen LogP contribution < -0.4 is 4.90 Å². The number of benzene rings is 9. The highest BCUT2D eigenvalue weighted by molar-refractivity contribution is 7.99. The third-order valence-electron chi connectivity index (χ3n) is 12.3. The molecule has 0 saturated carbocycles. The van der Waals surface area contributed by atoms with Gasteiger partial charge in [0.2, 0.25) is 5.95 Å². The van der Waals surface area contributed by atoms with Crippen molar-refractivity contribution in [1.29, 1.82) is 0 Å². The molecule has 0 radical (unpaired) electrons. The van der Waals surface area contributed by atoms with E-state index in [1.54, 1.807) is 0 Å². The summed E-state index contributed by atoms with van der Waals surface area (Å²) in [6.07, 6.45) is 0. The van der Waals surface area contributed by atoms with Crippen molar-refractivity contribution in [3.8, 4) is 33.9 Å². The predicted octanol–water partition coefficient (Wildman–Crippen LogP) is 14.4. The topological polar surface area (TPSA) is 41.9 Å². The zero-order valence-electron chi connectivity index (χ0n) is 32.3. The van der Waals surface area contributed by atoms with E-state index < -0.39 is 0 Å². The summed E-state index contributed by atoms with van der Waals surface area (Å²) in [4.78, 5) is 20.3. The molecule has 2 heterocycles. The Morgan fingerprint density at radius 3 is 1.66 bits per heavy atom. The first-order valence-electron chi connectivity index (χ1n) is 19.8. The van der Waals surface area contributed by atoms with Gasteiger partial charge in [-0.15, -0.1) is 0 Å². The first kappa shape index (κ1) is 33.3. The van der Waals surface area contributed by atoms with Gasteiger partial charge < -0.3 is 0 Å². The van der Waals surface area contributed by atoms with E-state index in [2.05, 4.69) is 153 Å². The molecule has 58 heavy (non-hydrogen) atoms. The summed E-state index contributed by atoms with van der Waals surface area (Å²) in [6, 6.07) is 59.3. The molecule has 9 aromatic carbocycles. The Balaban J connectivity index is 1.13. The average molecular weight is 761 g/mol. The summed E-state index contributed by atoms with van der Waals surface area (Å²) in [5.74, 6) is 1.88. The van der Waals surface area contributed by atoms with E-state index in [0.717, 1.165) is 27.4 Å². The Labute approximate surface area is 340 Å².